The van der Waals surface area contributed by atoms with Crippen LogP contribution < -0.4 is 32.5 Å². The monoisotopic (exact) mass is 802 g/mol. The average molecular weight is 803 g/mol. The Morgan fingerprint density at radius 2 is 0.875 bits per heavy atom. The van der Waals surface area contributed by atoms with Crippen molar-refractivity contribution in [2.75, 3.05) is 6.54 Å². The first-order valence-electron chi connectivity index (χ1n) is 19.5. The summed E-state index contributed by atoms with van der Waals surface area (Å²) in [5.41, 5.74) is 2.57. The number of aliphatic hydroxyl groups excluding tert-OH is 1. The molecule has 0 spiro atoms. The SMILES string of the molecule is NN[C@@H](CCCCNC(=O)CC[C@H](NC(=O)CC[C@H](NC(=O)CC[C@H](NC(=O)CCCCCCCCCCCCC(=O)O)C(=O)O)C(=O)O)C(=O)O)C1OC1O. The van der Waals surface area contributed by atoms with Crippen molar-refractivity contribution in [2.24, 2.45) is 5.84 Å². The van der Waals surface area contributed by atoms with Gasteiger partial charge in [-0.25, -0.2) is 14.4 Å². The molecule has 320 valence electrons. The number of nitrogens with two attached hydrogens (primary N) is 1. The van der Waals surface area contributed by atoms with Crippen LogP contribution in [0.15, 0.2) is 0 Å². The van der Waals surface area contributed by atoms with Crippen LogP contribution in [0.4, 0.5) is 0 Å². The Morgan fingerprint density at radius 3 is 1.25 bits per heavy atom. The Hall–Kier alpha value is -4.40. The van der Waals surface area contributed by atoms with Crippen LogP contribution in [0, 0.1) is 0 Å². The van der Waals surface area contributed by atoms with Crippen LogP contribution in [-0.4, -0.2) is 116 Å². The average Bonchev–Trinajstić information content (AvgIpc) is 3.87. The van der Waals surface area contributed by atoms with Gasteiger partial charge < -0.3 is 51.5 Å². The molecule has 1 aliphatic rings. The molecule has 1 rings (SSSR count). The Morgan fingerprint density at radius 1 is 0.500 bits per heavy atom. The Labute approximate surface area is 326 Å². The third-order valence-corrected chi connectivity index (χ3v) is 9.30. The maximum atomic E-state index is 12.5. The van der Waals surface area contributed by atoms with Gasteiger partial charge in [0.1, 0.15) is 24.2 Å². The summed E-state index contributed by atoms with van der Waals surface area (Å²) in [6.45, 7) is 0.312. The number of hydrogen-bond donors (Lipinski definition) is 11. The van der Waals surface area contributed by atoms with E-state index in [9.17, 15) is 58.8 Å². The molecule has 1 aliphatic heterocycles. The van der Waals surface area contributed by atoms with E-state index in [1.807, 2.05) is 0 Å². The number of carboxylic acid groups (broad SMARTS) is 4. The zero-order chi connectivity index (χ0) is 41.9. The molecular weight excluding hydrogens is 740 g/mol. The highest BCUT2D eigenvalue weighted by atomic mass is 16.7. The summed E-state index contributed by atoms with van der Waals surface area (Å²) in [6.07, 6.45) is 7.92. The molecule has 0 bridgehead atoms. The molecule has 2 unspecified atom stereocenters. The highest BCUT2D eigenvalue weighted by molar-refractivity contribution is 5.87. The van der Waals surface area contributed by atoms with Crippen molar-refractivity contribution in [3.63, 3.8) is 0 Å². The number of nitrogens with one attached hydrogen (secondary N) is 5. The summed E-state index contributed by atoms with van der Waals surface area (Å²) >= 11 is 0. The van der Waals surface area contributed by atoms with Crippen LogP contribution in [0.3, 0.4) is 0 Å². The molecule has 0 aromatic carbocycles. The predicted octanol–water partition coefficient (Wildman–Crippen LogP) is 0.637. The van der Waals surface area contributed by atoms with Crippen molar-refractivity contribution in [1.29, 1.82) is 0 Å². The van der Waals surface area contributed by atoms with Crippen molar-refractivity contribution < 1.29 is 68.6 Å². The predicted molar refractivity (Wildman–Crippen MR) is 198 cm³/mol. The molecule has 0 aliphatic carbocycles. The Bertz CT molecular complexity index is 1270. The van der Waals surface area contributed by atoms with Crippen molar-refractivity contribution in [1.82, 2.24) is 26.7 Å². The van der Waals surface area contributed by atoms with Crippen LogP contribution >= 0.6 is 0 Å². The van der Waals surface area contributed by atoms with E-state index in [4.69, 9.17) is 15.7 Å². The van der Waals surface area contributed by atoms with Crippen molar-refractivity contribution in [3.05, 3.63) is 0 Å². The fourth-order valence-electron chi connectivity index (χ4n) is 5.93. The minimum Gasteiger partial charge on any atom is -0.481 e. The number of epoxide rings is 1. The smallest absolute Gasteiger partial charge is 0.326 e. The number of unbranched alkanes of at least 4 members (excludes halogenated alkanes) is 10. The number of hydrogen-bond acceptors (Lipinski definition) is 12. The lowest BCUT2D eigenvalue weighted by atomic mass is 10.0. The van der Waals surface area contributed by atoms with E-state index in [2.05, 4.69) is 26.7 Å². The largest absolute Gasteiger partial charge is 0.481 e. The van der Waals surface area contributed by atoms with Gasteiger partial charge in [0.05, 0.1) is 6.04 Å². The molecule has 0 saturated carbocycles. The Kier molecular flexibility index (Phi) is 25.6. The first kappa shape index (κ1) is 49.6. The first-order chi connectivity index (χ1) is 26.6. The molecule has 0 radical (unpaired) electrons. The number of hydrazine groups is 1. The third kappa shape index (κ3) is 24.2. The van der Waals surface area contributed by atoms with Crippen LogP contribution in [0.5, 0.6) is 0 Å². The second-order valence-electron chi connectivity index (χ2n) is 14.0. The van der Waals surface area contributed by atoms with Gasteiger partial charge in [-0.3, -0.25) is 35.2 Å². The van der Waals surface area contributed by atoms with E-state index in [0.29, 0.717) is 38.6 Å². The van der Waals surface area contributed by atoms with E-state index >= 15 is 0 Å². The van der Waals surface area contributed by atoms with E-state index in [1.54, 1.807) is 0 Å². The molecule has 0 aromatic rings. The van der Waals surface area contributed by atoms with Crippen molar-refractivity contribution in [2.45, 2.75) is 171 Å². The zero-order valence-corrected chi connectivity index (χ0v) is 32.0. The van der Waals surface area contributed by atoms with Gasteiger partial charge in [-0.1, -0.05) is 51.4 Å². The van der Waals surface area contributed by atoms with Gasteiger partial charge in [0.15, 0.2) is 6.29 Å². The van der Waals surface area contributed by atoms with Gasteiger partial charge >= 0.3 is 23.9 Å². The minimum absolute atomic E-state index is 0.109. The molecule has 1 saturated heterocycles. The second-order valence-corrected chi connectivity index (χ2v) is 14.0. The van der Waals surface area contributed by atoms with Crippen LogP contribution in [-0.2, 0) is 43.1 Å². The summed E-state index contributed by atoms with van der Waals surface area (Å²) in [5, 5.41) is 56.1. The highest BCUT2D eigenvalue weighted by Gasteiger charge is 2.43. The third-order valence-electron chi connectivity index (χ3n) is 9.30. The molecule has 6 atom stereocenters. The molecule has 0 aromatic heterocycles. The van der Waals surface area contributed by atoms with Gasteiger partial charge in [0, 0.05) is 38.6 Å². The molecule has 12 N–H and O–H groups in total. The second kappa shape index (κ2) is 28.9. The lowest BCUT2D eigenvalue weighted by Crippen LogP contribution is -2.45. The van der Waals surface area contributed by atoms with E-state index < -0.39 is 91.2 Å². The van der Waals surface area contributed by atoms with Gasteiger partial charge in [-0.2, -0.15) is 0 Å². The fraction of sp³-hybridized carbons (Fsp3) is 0.778. The van der Waals surface area contributed by atoms with E-state index in [-0.39, 0.29) is 44.2 Å². The number of amides is 4. The summed E-state index contributed by atoms with van der Waals surface area (Å²) in [5.74, 6) is -2.12. The van der Waals surface area contributed by atoms with E-state index in [0.717, 1.165) is 51.4 Å². The maximum absolute atomic E-state index is 12.5. The lowest BCUT2D eigenvalue weighted by molar-refractivity contribution is -0.144. The number of carboxylic acids is 4. The highest BCUT2D eigenvalue weighted by Crippen LogP contribution is 2.25. The van der Waals surface area contributed by atoms with Gasteiger partial charge in [0.25, 0.3) is 0 Å². The molecule has 1 heterocycles. The van der Waals surface area contributed by atoms with Gasteiger partial charge in [0.2, 0.25) is 23.6 Å². The standard InChI is InChI=1S/C36H62N6O14/c37-42-23(32-36(55)56-32)13-11-12-22-38-27(43)19-16-24(33(49)50)40-29(45)21-18-26(35(53)54)41-30(46)20-17-25(34(51)52)39-28(44)14-9-7-5-3-1-2-4-6-8-10-15-31(47)48/h23-26,32,36,42,55H,1-22,37H2,(H,38,43)(H,39,44)(H,40,45)(H,41,46)(H,47,48)(H,49,50)(H,51,52)(H,53,54)/t23-,24-,25-,26-,32?,36?/m0/s1. The number of aliphatic carboxylic acids is 4. The normalized spacial score (nSPS) is 16.8. The molecule has 4 amide bonds. The quantitative estimate of drug-likeness (QED) is 0.0181. The number of rotatable bonds is 35. The van der Waals surface area contributed by atoms with E-state index in [1.165, 1.54) is 0 Å². The summed E-state index contributed by atoms with van der Waals surface area (Å²) < 4.78 is 4.97. The summed E-state index contributed by atoms with van der Waals surface area (Å²) in [7, 11) is 0. The lowest BCUT2D eigenvalue weighted by Gasteiger charge is -2.18. The number of carbonyl (C=O) groups is 8. The maximum Gasteiger partial charge on any atom is 0.326 e. The topological polar surface area (TPSA) is 336 Å². The van der Waals surface area contributed by atoms with Crippen molar-refractivity contribution >= 4 is 47.5 Å². The van der Waals surface area contributed by atoms with Crippen LogP contribution in [0.1, 0.15) is 135 Å². The van der Waals surface area contributed by atoms with Gasteiger partial charge in [-0.15, -0.1) is 0 Å². The molecular formula is C36H62N6O14. The summed E-state index contributed by atoms with van der Waals surface area (Å²) in [4.78, 5) is 95.2. The summed E-state index contributed by atoms with van der Waals surface area (Å²) in [6, 6.07) is -4.57. The molecule has 20 nitrogen and oxygen atoms in total. The zero-order valence-electron chi connectivity index (χ0n) is 32.0. The molecule has 1 fully saturated rings. The minimum atomic E-state index is -1.54. The van der Waals surface area contributed by atoms with Crippen LogP contribution in [0.2, 0.25) is 0 Å². The Balaban J connectivity index is 2.32. The number of ether oxygens (including phenoxy) is 1. The first-order valence-corrected chi connectivity index (χ1v) is 19.5. The molecule has 56 heavy (non-hydrogen) atoms. The van der Waals surface area contributed by atoms with Crippen LogP contribution in [0.25, 0.3) is 0 Å². The van der Waals surface area contributed by atoms with Gasteiger partial charge in [-0.05, 0) is 51.4 Å². The van der Waals surface area contributed by atoms with Crippen molar-refractivity contribution in [3.8, 4) is 0 Å². The molecule has 20 heteroatoms. The fourth-order valence-corrected chi connectivity index (χ4v) is 5.93. The number of carbonyl (C=O) groups excluding carboxylic acids is 4. The number of aliphatic hydroxyl groups is 1.